The summed E-state index contributed by atoms with van der Waals surface area (Å²) in [7, 11) is 7.40. The van der Waals surface area contributed by atoms with Crippen molar-refractivity contribution in [3.05, 3.63) is 30.1 Å². The van der Waals surface area contributed by atoms with Crippen molar-refractivity contribution in [1.29, 1.82) is 0 Å². The molecule has 3 aromatic rings. The summed E-state index contributed by atoms with van der Waals surface area (Å²) in [4.78, 5) is 26.7. The number of hydrogen-bond acceptors (Lipinski definition) is 7. The van der Waals surface area contributed by atoms with Crippen LogP contribution in [0.15, 0.2) is 24.5 Å². The topological polar surface area (TPSA) is 84.8 Å². The third kappa shape index (κ3) is 4.58. The second kappa shape index (κ2) is 9.47. The molecule has 1 aliphatic heterocycles. The molecule has 2 fully saturated rings. The van der Waals surface area contributed by atoms with Gasteiger partial charge in [-0.25, -0.2) is 9.97 Å². The molecule has 9 heteroatoms. The van der Waals surface area contributed by atoms with Gasteiger partial charge in [-0.05, 0) is 38.4 Å². The monoisotopic (exact) mass is 478 g/mol. The van der Waals surface area contributed by atoms with E-state index < -0.39 is 0 Å². The SMILES string of the molecule is COc1ncc(C)c(OC)c1-c1cc2cc(NC(=O)[C@H]3C[C@@H]3CN3CCN(C)CC3)ncc2n1C. The van der Waals surface area contributed by atoms with E-state index in [4.69, 9.17) is 9.47 Å². The van der Waals surface area contributed by atoms with Crippen molar-refractivity contribution >= 4 is 22.6 Å². The summed E-state index contributed by atoms with van der Waals surface area (Å²) < 4.78 is 13.3. The van der Waals surface area contributed by atoms with Gasteiger partial charge in [0, 0.05) is 62.8 Å². The van der Waals surface area contributed by atoms with Gasteiger partial charge in [0.1, 0.15) is 17.1 Å². The van der Waals surface area contributed by atoms with Gasteiger partial charge in [0.05, 0.1) is 31.6 Å². The Morgan fingerprint density at radius 1 is 1.09 bits per heavy atom. The lowest BCUT2D eigenvalue weighted by Crippen LogP contribution is -2.45. The lowest BCUT2D eigenvalue weighted by Gasteiger charge is -2.32. The Morgan fingerprint density at radius 2 is 1.86 bits per heavy atom. The van der Waals surface area contributed by atoms with Crippen molar-refractivity contribution in [2.45, 2.75) is 13.3 Å². The van der Waals surface area contributed by atoms with E-state index in [0.717, 1.165) is 72.6 Å². The van der Waals surface area contributed by atoms with Crippen molar-refractivity contribution in [3.8, 4) is 22.9 Å². The molecule has 35 heavy (non-hydrogen) atoms. The first-order chi connectivity index (χ1) is 16.9. The number of rotatable bonds is 7. The average Bonchev–Trinajstić information content (AvgIpc) is 3.55. The molecule has 186 valence electrons. The van der Waals surface area contributed by atoms with Gasteiger partial charge in [-0.1, -0.05) is 0 Å². The Hall–Kier alpha value is -3.17. The second-order valence-electron chi connectivity index (χ2n) is 9.77. The number of methoxy groups -OCH3 is 2. The van der Waals surface area contributed by atoms with Crippen molar-refractivity contribution in [2.24, 2.45) is 18.9 Å². The Bertz CT molecular complexity index is 1250. The number of aryl methyl sites for hydroxylation is 2. The van der Waals surface area contributed by atoms with Gasteiger partial charge in [-0.2, -0.15) is 0 Å². The van der Waals surface area contributed by atoms with E-state index in [0.29, 0.717) is 17.6 Å². The standard InChI is InChI=1S/C26H34N6O3/c1-16-13-28-26(35-5)23(24(16)34-4)20-11-17-12-22(27-14-21(17)31(20)3)29-25(33)19-10-18(19)15-32-8-6-30(2)7-9-32/h11-14,18-19H,6-10,15H2,1-5H3,(H,27,29,33)/t18-,19+/m1/s1. The number of nitrogens with zero attached hydrogens (tertiary/aromatic N) is 5. The molecule has 1 amide bonds. The molecular formula is C26H34N6O3. The number of piperazine rings is 1. The summed E-state index contributed by atoms with van der Waals surface area (Å²) in [5, 5.41) is 4.02. The van der Waals surface area contributed by atoms with Gasteiger partial charge in [0.2, 0.25) is 11.8 Å². The zero-order valence-corrected chi connectivity index (χ0v) is 21.2. The lowest BCUT2D eigenvalue weighted by molar-refractivity contribution is -0.117. The fourth-order valence-electron chi connectivity index (χ4n) is 5.11. The van der Waals surface area contributed by atoms with Crippen LogP contribution < -0.4 is 14.8 Å². The molecule has 0 bridgehead atoms. The molecule has 1 aliphatic carbocycles. The summed E-state index contributed by atoms with van der Waals surface area (Å²) in [5.41, 5.74) is 3.58. The zero-order chi connectivity index (χ0) is 24.7. The Labute approximate surface area is 206 Å². The number of likely N-dealkylation sites (N-methyl/N-ethyl adjacent to an activating group) is 1. The van der Waals surface area contributed by atoms with Crippen molar-refractivity contribution < 1.29 is 14.3 Å². The van der Waals surface area contributed by atoms with Gasteiger partial charge in [-0.3, -0.25) is 4.79 Å². The van der Waals surface area contributed by atoms with Crippen molar-refractivity contribution in [3.63, 3.8) is 0 Å². The molecule has 2 aliphatic rings. The summed E-state index contributed by atoms with van der Waals surface area (Å²) in [6.07, 6.45) is 4.50. The smallest absolute Gasteiger partial charge is 0.228 e. The largest absolute Gasteiger partial charge is 0.496 e. The molecule has 1 saturated heterocycles. The van der Waals surface area contributed by atoms with E-state index in [9.17, 15) is 4.79 Å². The predicted molar refractivity (Wildman–Crippen MR) is 136 cm³/mol. The minimum Gasteiger partial charge on any atom is -0.496 e. The van der Waals surface area contributed by atoms with Gasteiger partial charge in [0.25, 0.3) is 0 Å². The predicted octanol–water partition coefficient (Wildman–Crippen LogP) is 2.78. The quantitative estimate of drug-likeness (QED) is 0.559. The molecule has 9 nitrogen and oxygen atoms in total. The number of carbonyl (C=O) groups is 1. The van der Waals surface area contributed by atoms with E-state index >= 15 is 0 Å². The third-order valence-corrected chi connectivity index (χ3v) is 7.36. The van der Waals surface area contributed by atoms with Crippen molar-refractivity contribution in [1.82, 2.24) is 24.3 Å². The highest BCUT2D eigenvalue weighted by Crippen LogP contribution is 2.42. The number of aromatic nitrogens is 3. The lowest BCUT2D eigenvalue weighted by atomic mass is 10.1. The van der Waals surface area contributed by atoms with Crippen LogP contribution >= 0.6 is 0 Å². The Morgan fingerprint density at radius 3 is 2.57 bits per heavy atom. The maximum Gasteiger partial charge on any atom is 0.228 e. The first kappa shape index (κ1) is 23.6. The molecule has 0 unspecified atom stereocenters. The summed E-state index contributed by atoms with van der Waals surface area (Å²) in [5.74, 6) is 2.39. The molecule has 1 N–H and O–H groups in total. The van der Waals surface area contributed by atoms with Crippen LogP contribution in [0.25, 0.3) is 22.2 Å². The third-order valence-electron chi connectivity index (χ3n) is 7.36. The van der Waals surface area contributed by atoms with Crippen molar-refractivity contribution in [2.75, 3.05) is 59.3 Å². The average molecular weight is 479 g/mol. The number of pyridine rings is 2. The number of hydrogen-bond donors (Lipinski definition) is 1. The van der Waals surface area contributed by atoms with Gasteiger partial charge in [-0.15, -0.1) is 0 Å². The molecule has 5 rings (SSSR count). The number of nitrogens with one attached hydrogen (secondary N) is 1. The summed E-state index contributed by atoms with van der Waals surface area (Å²) in [6.45, 7) is 7.34. The van der Waals surface area contributed by atoms with Gasteiger partial charge >= 0.3 is 0 Å². The Kier molecular flexibility index (Phi) is 6.37. The maximum absolute atomic E-state index is 12.9. The number of anilines is 1. The van der Waals surface area contributed by atoms with Crippen LogP contribution in [0, 0.1) is 18.8 Å². The minimum atomic E-state index is 0.0679. The highest BCUT2D eigenvalue weighted by Gasteiger charge is 2.44. The normalized spacial score (nSPS) is 20.7. The van der Waals surface area contributed by atoms with E-state index in [-0.39, 0.29) is 11.8 Å². The van der Waals surface area contributed by atoms with Crippen LogP contribution in [0.2, 0.25) is 0 Å². The molecule has 0 radical (unpaired) electrons. The van der Waals surface area contributed by atoms with Crippen LogP contribution in [-0.4, -0.2) is 84.2 Å². The number of amides is 1. The molecule has 0 aromatic carbocycles. The molecular weight excluding hydrogens is 444 g/mol. The molecule has 3 aromatic heterocycles. The first-order valence-electron chi connectivity index (χ1n) is 12.1. The van der Waals surface area contributed by atoms with E-state index in [2.05, 4.69) is 38.2 Å². The highest BCUT2D eigenvalue weighted by molar-refractivity contribution is 5.96. The van der Waals surface area contributed by atoms with Crippen LogP contribution in [0.4, 0.5) is 5.82 Å². The first-order valence-corrected chi connectivity index (χ1v) is 12.1. The van der Waals surface area contributed by atoms with Crippen LogP contribution in [-0.2, 0) is 11.8 Å². The summed E-state index contributed by atoms with van der Waals surface area (Å²) >= 11 is 0. The van der Waals surface area contributed by atoms with E-state index in [1.165, 1.54) is 0 Å². The molecule has 0 spiro atoms. The molecule has 4 heterocycles. The minimum absolute atomic E-state index is 0.0679. The second-order valence-corrected chi connectivity index (χ2v) is 9.77. The maximum atomic E-state index is 12.9. The van der Waals surface area contributed by atoms with E-state index in [1.54, 1.807) is 26.6 Å². The van der Waals surface area contributed by atoms with Crippen LogP contribution in [0.3, 0.4) is 0 Å². The summed E-state index contributed by atoms with van der Waals surface area (Å²) in [6, 6.07) is 3.98. The fourth-order valence-corrected chi connectivity index (χ4v) is 5.11. The number of fused-ring (bicyclic) bond motifs is 1. The zero-order valence-electron chi connectivity index (χ0n) is 21.2. The highest BCUT2D eigenvalue weighted by atomic mass is 16.5. The van der Waals surface area contributed by atoms with Crippen LogP contribution in [0.1, 0.15) is 12.0 Å². The Balaban J connectivity index is 1.33. The molecule has 1 saturated carbocycles. The fraction of sp³-hybridized carbons (Fsp3) is 0.500. The van der Waals surface area contributed by atoms with Crippen LogP contribution in [0.5, 0.6) is 11.6 Å². The van der Waals surface area contributed by atoms with Gasteiger partial charge < -0.3 is 29.2 Å². The number of ether oxygens (including phenoxy) is 2. The van der Waals surface area contributed by atoms with Gasteiger partial charge in [0.15, 0.2) is 0 Å². The number of carbonyl (C=O) groups excluding carboxylic acids is 1. The van der Waals surface area contributed by atoms with E-state index in [1.807, 2.05) is 24.6 Å². The molecule has 2 atom stereocenters.